The fourth-order valence-electron chi connectivity index (χ4n) is 3.96. The minimum Gasteiger partial charge on any atom is -0.508 e. The molecule has 0 aliphatic rings. The third-order valence-corrected chi connectivity index (χ3v) is 6.47. The van der Waals surface area contributed by atoms with E-state index < -0.39 is 0 Å². The molecule has 0 aromatic heterocycles. The van der Waals surface area contributed by atoms with Gasteiger partial charge in [-0.3, -0.25) is 0 Å². The third kappa shape index (κ3) is 18.9. The van der Waals surface area contributed by atoms with Gasteiger partial charge in [0, 0.05) is 18.2 Å². The van der Waals surface area contributed by atoms with E-state index in [9.17, 15) is 5.11 Å². The van der Waals surface area contributed by atoms with E-state index in [1.165, 1.54) is 33.4 Å². The van der Waals surface area contributed by atoms with Gasteiger partial charge in [-0.05, 0) is 119 Å². The molecule has 1 N–H and O–H groups in total. The van der Waals surface area contributed by atoms with E-state index >= 15 is 0 Å². The number of hydrogen-bond acceptors (Lipinski definition) is 3. The highest BCUT2D eigenvalue weighted by molar-refractivity contribution is 5.41. The number of phenols is 1. The summed E-state index contributed by atoms with van der Waals surface area (Å²) in [4.78, 5) is 0. The summed E-state index contributed by atoms with van der Waals surface area (Å²) in [7, 11) is 0. The van der Waals surface area contributed by atoms with Crippen molar-refractivity contribution in [3.63, 3.8) is 0 Å². The van der Waals surface area contributed by atoms with Crippen molar-refractivity contribution in [3.05, 3.63) is 88.1 Å². The zero-order valence-electron chi connectivity index (χ0n) is 26.0. The number of phenolic OH excluding ortho intramolecular Hbond substituents is 1. The summed E-state index contributed by atoms with van der Waals surface area (Å²) < 4.78 is 11.8. The van der Waals surface area contributed by atoms with Crippen LogP contribution in [0.4, 0.5) is 0 Å². The summed E-state index contributed by atoms with van der Waals surface area (Å²) in [5, 5.41) is 10.1. The molecule has 0 aliphatic carbocycles. The van der Waals surface area contributed by atoms with E-state index in [-0.39, 0.29) is 5.75 Å². The number of allylic oxidation sites excluding steroid dienone is 10. The highest BCUT2D eigenvalue weighted by Crippen LogP contribution is 2.27. The molecular weight excluding hydrogens is 480 g/mol. The van der Waals surface area contributed by atoms with E-state index in [0.29, 0.717) is 24.7 Å². The Labute approximate surface area is 239 Å². The predicted molar refractivity (Wildman–Crippen MR) is 170 cm³/mol. The van der Waals surface area contributed by atoms with E-state index in [4.69, 9.17) is 9.47 Å². The Morgan fingerprint density at radius 3 is 1.21 bits per heavy atom. The summed E-state index contributed by atoms with van der Waals surface area (Å²) in [5.41, 5.74) is 8.28. The van der Waals surface area contributed by atoms with Crippen LogP contribution in [0.5, 0.6) is 17.2 Å². The summed E-state index contributed by atoms with van der Waals surface area (Å²) in [5.74, 6) is 1.36. The first-order valence-electron chi connectivity index (χ1n) is 14.5. The Morgan fingerprint density at radius 1 is 0.513 bits per heavy atom. The highest BCUT2D eigenvalue weighted by atomic mass is 16.5. The van der Waals surface area contributed by atoms with Crippen molar-refractivity contribution in [3.8, 4) is 17.2 Å². The molecular formula is C36H54O3. The van der Waals surface area contributed by atoms with Crippen LogP contribution in [-0.4, -0.2) is 18.3 Å². The molecule has 1 aromatic rings. The smallest absolute Gasteiger partial charge is 0.127 e. The molecule has 3 nitrogen and oxygen atoms in total. The molecule has 0 radical (unpaired) electrons. The maximum absolute atomic E-state index is 10.1. The van der Waals surface area contributed by atoms with Gasteiger partial charge in [-0.2, -0.15) is 0 Å². The molecule has 0 saturated heterocycles. The van der Waals surface area contributed by atoms with Gasteiger partial charge in [-0.15, -0.1) is 0 Å². The molecule has 1 rings (SSSR count). The average molecular weight is 535 g/mol. The predicted octanol–water partition coefficient (Wildman–Crippen LogP) is 11.0. The lowest BCUT2D eigenvalue weighted by molar-refractivity contribution is 0.338. The standard InChI is InChI=1S/C36H54O3/c1-28(2)13-9-15-30(5)17-11-19-32(7)21-23-38-35-25-34(37)26-36(27-35)39-24-22-33(8)20-12-18-31(6)16-10-14-29(3)4/h13-14,17-18,21-22,25-27,37H,9-12,15-16,19-20,23-24H2,1-8H3/b30-17+,31-18+,32-21+,33-22+. The molecule has 0 heterocycles. The summed E-state index contributed by atoms with van der Waals surface area (Å²) in [6.07, 6.45) is 22.1. The largest absolute Gasteiger partial charge is 0.508 e. The van der Waals surface area contributed by atoms with Gasteiger partial charge < -0.3 is 14.6 Å². The summed E-state index contributed by atoms with van der Waals surface area (Å²) in [6, 6.07) is 5.09. The second-order valence-electron chi connectivity index (χ2n) is 11.2. The number of benzene rings is 1. The van der Waals surface area contributed by atoms with Crippen molar-refractivity contribution >= 4 is 0 Å². The van der Waals surface area contributed by atoms with Crippen molar-refractivity contribution in [1.82, 2.24) is 0 Å². The van der Waals surface area contributed by atoms with Crippen molar-refractivity contribution in [1.29, 1.82) is 0 Å². The zero-order chi connectivity index (χ0) is 29.0. The lowest BCUT2D eigenvalue weighted by atomic mass is 10.1. The van der Waals surface area contributed by atoms with Crippen LogP contribution in [0.3, 0.4) is 0 Å². The van der Waals surface area contributed by atoms with Crippen molar-refractivity contribution < 1.29 is 14.6 Å². The topological polar surface area (TPSA) is 38.7 Å². The van der Waals surface area contributed by atoms with Crippen LogP contribution in [0, 0.1) is 0 Å². The Hall–Kier alpha value is -2.94. The van der Waals surface area contributed by atoms with Gasteiger partial charge in [0.15, 0.2) is 0 Å². The maximum atomic E-state index is 10.1. The monoisotopic (exact) mass is 534 g/mol. The molecule has 0 atom stereocenters. The van der Waals surface area contributed by atoms with E-state index in [0.717, 1.165) is 51.4 Å². The van der Waals surface area contributed by atoms with Crippen LogP contribution in [-0.2, 0) is 0 Å². The number of hydrogen-bond donors (Lipinski definition) is 1. The van der Waals surface area contributed by atoms with Gasteiger partial charge in [0.1, 0.15) is 30.5 Å². The molecule has 0 aliphatic heterocycles. The Balaban J connectivity index is 2.45. The number of aromatic hydroxyl groups is 1. The van der Waals surface area contributed by atoms with Gasteiger partial charge in [0.25, 0.3) is 0 Å². The van der Waals surface area contributed by atoms with E-state index in [2.05, 4.69) is 91.8 Å². The van der Waals surface area contributed by atoms with Gasteiger partial charge in [-0.1, -0.05) is 57.7 Å². The number of ether oxygens (including phenoxy) is 2. The van der Waals surface area contributed by atoms with Crippen LogP contribution in [0.25, 0.3) is 0 Å². The fourth-order valence-corrected chi connectivity index (χ4v) is 3.96. The van der Waals surface area contributed by atoms with Gasteiger partial charge in [-0.25, -0.2) is 0 Å². The van der Waals surface area contributed by atoms with Crippen LogP contribution < -0.4 is 9.47 Å². The van der Waals surface area contributed by atoms with Crippen LogP contribution in [0.2, 0.25) is 0 Å². The molecule has 0 saturated carbocycles. The van der Waals surface area contributed by atoms with Gasteiger partial charge in [0.05, 0.1) is 0 Å². The first kappa shape index (κ1) is 34.1. The number of rotatable bonds is 18. The van der Waals surface area contributed by atoms with Crippen LogP contribution >= 0.6 is 0 Å². The Morgan fingerprint density at radius 2 is 0.846 bits per heavy atom. The quantitative estimate of drug-likeness (QED) is 0.190. The Bertz CT molecular complexity index is 959. The lowest BCUT2D eigenvalue weighted by Gasteiger charge is -2.09. The fraction of sp³-hybridized carbons (Fsp3) is 0.500. The minimum absolute atomic E-state index is 0.145. The van der Waals surface area contributed by atoms with Crippen molar-refractivity contribution in [2.75, 3.05) is 13.2 Å². The second-order valence-corrected chi connectivity index (χ2v) is 11.2. The highest BCUT2D eigenvalue weighted by Gasteiger charge is 2.03. The first-order valence-corrected chi connectivity index (χ1v) is 14.5. The zero-order valence-corrected chi connectivity index (χ0v) is 26.0. The van der Waals surface area contributed by atoms with Gasteiger partial charge >= 0.3 is 0 Å². The summed E-state index contributed by atoms with van der Waals surface area (Å²) >= 11 is 0. The molecule has 0 unspecified atom stereocenters. The molecule has 3 heteroatoms. The van der Waals surface area contributed by atoms with E-state index in [1.807, 2.05) is 6.07 Å². The summed E-state index contributed by atoms with van der Waals surface area (Å²) in [6.45, 7) is 18.2. The minimum atomic E-state index is 0.145. The molecule has 216 valence electrons. The average Bonchev–Trinajstić information content (AvgIpc) is 2.83. The van der Waals surface area contributed by atoms with E-state index in [1.54, 1.807) is 12.1 Å². The molecule has 39 heavy (non-hydrogen) atoms. The SMILES string of the molecule is CC(C)=CCC/C(C)=C/CC/C(C)=C/COc1cc(O)cc(OC/C=C(\C)CC/C=C(\C)CCC=C(C)C)c1. The second kappa shape index (κ2) is 20.0. The Kier molecular flexibility index (Phi) is 17.5. The molecule has 0 bridgehead atoms. The van der Waals surface area contributed by atoms with Gasteiger partial charge in [0.2, 0.25) is 0 Å². The maximum Gasteiger partial charge on any atom is 0.127 e. The molecule has 0 amide bonds. The first-order chi connectivity index (χ1) is 18.5. The lowest BCUT2D eigenvalue weighted by Crippen LogP contribution is -1.98. The van der Waals surface area contributed by atoms with Crippen LogP contribution in [0.1, 0.15) is 107 Å². The third-order valence-electron chi connectivity index (χ3n) is 6.47. The molecule has 0 fully saturated rings. The molecule has 0 spiro atoms. The molecule has 1 aromatic carbocycles. The van der Waals surface area contributed by atoms with Crippen molar-refractivity contribution in [2.45, 2.75) is 107 Å². The normalized spacial score (nSPS) is 12.8. The van der Waals surface area contributed by atoms with Crippen molar-refractivity contribution in [2.24, 2.45) is 0 Å². The van der Waals surface area contributed by atoms with Crippen LogP contribution in [0.15, 0.2) is 88.1 Å².